The van der Waals surface area contributed by atoms with E-state index in [1.165, 1.54) is 244 Å². The van der Waals surface area contributed by atoms with Crippen LogP contribution in [0.5, 0.6) is 0 Å². The Bertz CT molecular complexity index is 1340. The lowest BCUT2D eigenvalue weighted by Gasteiger charge is -2.40. The number of aliphatic hydroxyl groups excluding tert-OH is 5. The van der Waals surface area contributed by atoms with Crippen molar-refractivity contribution in [2.24, 2.45) is 0 Å². The van der Waals surface area contributed by atoms with Crippen LogP contribution in [0.15, 0.2) is 48.6 Å². The summed E-state index contributed by atoms with van der Waals surface area (Å²) < 4.78 is 11.2. The molecule has 0 aromatic rings. The molecule has 1 rings (SSSR count). The van der Waals surface area contributed by atoms with Gasteiger partial charge in [-0.15, -0.1) is 0 Å². The molecule has 0 saturated carbocycles. The summed E-state index contributed by atoms with van der Waals surface area (Å²) in [6.07, 6.45) is 69.5. The van der Waals surface area contributed by atoms with Gasteiger partial charge >= 0.3 is 0 Å². The van der Waals surface area contributed by atoms with Crippen molar-refractivity contribution in [3.63, 3.8) is 0 Å². The summed E-state index contributed by atoms with van der Waals surface area (Å²) in [6.45, 7) is 3.76. The normalized spacial score (nSPS) is 19.1. The summed E-state index contributed by atoms with van der Waals surface area (Å²) in [6, 6.07) is -0.828. The lowest BCUT2D eigenvalue weighted by atomic mass is 9.99. The van der Waals surface area contributed by atoms with Crippen LogP contribution in [0, 0.1) is 0 Å². The molecular weight excluding hydrogens is 947 g/mol. The Morgan fingerprint density at radius 1 is 0.434 bits per heavy atom. The van der Waals surface area contributed by atoms with Gasteiger partial charge in [0.15, 0.2) is 6.29 Å². The second kappa shape index (κ2) is 56.4. The predicted octanol–water partition coefficient (Wildman–Crippen LogP) is 17.2. The number of unbranched alkanes of at least 4 members (excludes halogenated alkanes) is 41. The van der Waals surface area contributed by atoms with Gasteiger partial charge in [0.25, 0.3) is 0 Å². The summed E-state index contributed by atoms with van der Waals surface area (Å²) in [5, 5.41) is 54.4. The highest BCUT2D eigenvalue weighted by Crippen LogP contribution is 2.23. The van der Waals surface area contributed by atoms with Gasteiger partial charge in [0.1, 0.15) is 24.4 Å². The first-order valence-corrected chi connectivity index (χ1v) is 32.9. The molecule has 0 bridgehead atoms. The summed E-state index contributed by atoms with van der Waals surface area (Å²) in [5.41, 5.74) is 0. The van der Waals surface area contributed by atoms with E-state index in [0.29, 0.717) is 6.42 Å². The van der Waals surface area contributed by atoms with Crippen LogP contribution in [0.3, 0.4) is 0 Å². The van der Waals surface area contributed by atoms with Crippen LogP contribution in [-0.4, -0.2) is 87.5 Å². The molecule has 9 nitrogen and oxygen atoms in total. The predicted molar refractivity (Wildman–Crippen MR) is 323 cm³/mol. The molecule has 0 aliphatic carbocycles. The zero-order chi connectivity index (χ0) is 55.0. The molecule has 0 aromatic carbocycles. The van der Waals surface area contributed by atoms with E-state index in [4.69, 9.17) is 9.47 Å². The Labute approximate surface area is 469 Å². The number of hydrogen-bond acceptors (Lipinski definition) is 8. The number of nitrogens with one attached hydrogen (secondary N) is 1. The van der Waals surface area contributed by atoms with Gasteiger partial charge in [0.05, 0.1) is 25.4 Å². The van der Waals surface area contributed by atoms with Gasteiger partial charge in [0.2, 0.25) is 5.91 Å². The molecule has 1 amide bonds. The molecule has 6 N–H and O–H groups in total. The highest BCUT2D eigenvalue weighted by atomic mass is 16.7. The van der Waals surface area contributed by atoms with Gasteiger partial charge in [-0.2, -0.15) is 0 Å². The molecule has 1 aliphatic heterocycles. The highest BCUT2D eigenvalue weighted by Gasteiger charge is 2.44. The van der Waals surface area contributed by atoms with Crippen LogP contribution >= 0.6 is 0 Å². The van der Waals surface area contributed by atoms with Crippen molar-refractivity contribution in [3.8, 4) is 0 Å². The third kappa shape index (κ3) is 44.9. The lowest BCUT2D eigenvalue weighted by molar-refractivity contribution is -0.302. The van der Waals surface area contributed by atoms with Crippen molar-refractivity contribution in [1.29, 1.82) is 0 Å². The third-order valence-corrected chi connectivity index (χ3v) is 15.6. The fourth-order valence-electron chi connectivity index (χ4n) is 10.4. The quantitative estimate of drug-likeness (QED) is 0.0261. The monoisotopic (exact) mass is 1070 g/mol. The Kier molecular flexibility index (Phi) is 53.6. The molecule has 1 heterocycles. The maximum atomic E-state index is 13.1. The van der Waals surface area contributed by atoms with Crippen molar-refractivity contribution in [3.05, 3.63) is 48.6 Å². The summed E-state index contributed by atoms with van der Waals surface area (Å²) in [5.74, 6) is -0.188. The molecular formula is C67H125NO8. The largest absolute Gasteiger partial charge is 0.394 e. The molecule has 7 atom stereocenters. The summed E-state index contributed by atoms with van der Waals surface area (Å²) in [4.78, 5) is 13.1. The number of amides is 1. The maximum absolute atomic E-state index is 13.1. The standard InChI is InChI=1S/C67H125NO8/c1-3-5-7-9-11-13-15-17-19-20-21-22-23-24-25-26-27-28-29-30-31-32-33-34-35-36-37-38-39-40-41-42-43-45-47-49-51-53-55-57-63(71)68-60(59-75-67-66(74)65(73)64(72)62(58-69)76-67)61(70)56-54-52-50-48-46-44-18-16-14-12-10-8-6-4-2/h14,16,30-31,46,48,54,56,60-62,64-67,69-70,72-74H,3-13,15,17-29,32-45,47,49-53,55,57-59H2,1-2H3,(H,68,71)/b16-14+,31-30-,48-46+,56-54+. The zero-order valence-electron chi connectivity index (χ0n) is 49.8. The fourth-order valence-corrected chi connectivity index (χ4v) is 10.4. The van der Waals surface area contributed by atoms with Crippen molar-refractivity contribution >= 4 is 5.91 Å². The fraction of sp³-hybridized carbons (Fsp3) is 0.866. The van der Waals surface area contributed by atoms with E-state index in [1.807, 2.05) is 6.08 Å². The third-order valence-electron chi connectivity index (χ3n) is 15.6. The molecule has 446 valence electrons. The number of carbonyl (C=O) groups excluding carboxylic acids is 1. The molecule has 1 aliphatic rings. The second-order valence-electron chi connectivity index (χ2n) is 22.9. The van der Waals surface area contributed by atoms with Crippen molar-refractivity contribution in [2.75, 3.05) is 13.2 Å². The SMILES string of the molecule is CCCCCC/C=C/CC/C=C/CC/C=C/C(O)C(COC1OC(CO)C(O)C(O)C1O)NC(=O)CCCCCCCCCCCCCCCCCCC/C=C\CCCCCCCCCCCCCCCCCCCC. The summed E-state index contributed by atoms with van der Waals surface area (Å²) in [7, 11) is 0. The minimum absolute atomic E-state index is 0.188. The lowest BCUT2D eigenvalue weighted by Crippen LogP contribution is -2.60. The van der Waals surface area contributed by atoms with E-state index in [0.717, 1.165) is 51.4 Å². The number of ether oxygens (including phenoxy) is 2. The minimum Gasteiger partial charge on any atom is -0.394 e. The molecule has 9 heteroatoms. The average Bonchev–Trinajstić information content (AvgIpc) is 3.42. The van der Waals surface area contributed by atoms with Crippen LogP contribution < -0.4 is 5.32 Å². The van der Waals surface area contributed by atoms with Crippen LogP contribution in [-0.2, 0) is 14.3 Å². The van der Waals surface area contributed by atoms with Gasteiger partial charge in [0, 0.05) is 6.42 Å². The maximum Gasteiger partial charge on any atom is 0.220 e. The highest BCUT2D eigenvalue weighted by molar-refractivity contribution is 5.76. The number of carbonyl (C=O) groups is 1. The number of aliphatic hydroxyl groups is 5. The second-order valence-corrected chi connectivity index (χ2v) is 22.9. The molecule has 0 aromatic heterocycles. The Morgan fingerprint density at radius 2 is 0.750 bits per heavy atom. The molecule has 0 spiro atoms. The first-order chi connectivity index (χ1) is 37.3. The Morgan fingerprint density at radius 3 is 1.12 bits per heavy atom. The van der Waals surface area contributed by atoms with Crippen LogP contribution in [0.25, 0.3) is 0 Å². The van der Waals surface area contributed by atoms with Crippen molar-refractivity contribution < 1.29 is 39.8 Å². The average molecular weight is 1070 g/mol. The number of rotatable bonds is 57. The Balaban J connectivity index is 2.05. The first kappa shape index (κ1) is 72.2. The Hall–Kier alpha value is -1.85. The van der Waals surface area contributed by atoms with E-state index < -0.39 is 49.5 Å². The van der Waals surface area contributed by atoms with Crippen molar-refractivity contribution in [2.45, 2.75) is 358 Å². The van der Waals surface area contributed by atoms with E-state index in [-0.39, 0.29) is 12.5 Å². The molecule has 1 fully saturated rings. The van der Waals surface area contributed by atoms with Crippen LogP contribution in [0.1, 0.15) is 316 Å². The van der Waals surface area contributed by atoms with E-state index >= 15 is 0 Å². The van der Waals surface area contributed by atoms with Gasteiger partial charge in [-0.3, -0.25) is 4.79 Å². The summed E-state index contributed by atoms with van der Waals surface area (Å²) >= 11 is 0. The van der Waals surface area contributed by atoms with Crippen LogP contribution in [0.2, 0.25) is 0 Å². The van der Waals surface area contributed by atoms with Gasteiger partial charge in [-0.1, -0.05) is 287 Å². The van der Waals surface area contributed by atoms with Crippen molar-refractivity contribution in [1.82, 2.24) is 5.32 Å². The zero-order valence-corrected chi connectivity index (χ0v) is 49.8. The van der Waals surface area contributed by atoms with Gasteiger partial charge < -0.3 is 40.3 Å². The van der Waals surface area contributed by atoms with E-state index in [2.05, 4.69) is 55.6 Å². The van der Waals surface area contributed by atoms with Gasteiger partial charge in [-0.05, 0) is 70.6 Å². The van der Waals surface area contributed by atoms with E-state index in [9.17, 15) is 30.3 Å². The van der Waals surface area contributed by atoms with E-state index in [1.54, 1.807) is 6.08 Å². The van der Waals surface area contributed by atoms with Crippen LogP contribution in [0.4, 0.5) is 0 Å². The molecule has 0 radical (unpaired) electrons. The number of allylic oxidation sites excluding steroid dienone is 7. The minimum atomic E-state index is -1.57. The molecule has 1 saturated heterocycles. The first-order valence-electron chi connectivity index (χ1n) is 32.9. The van der Waals surface area contributed by atoms with Gasteiger partial charge in [-0.25, -0.2) is 0 Å². The topological polar surface area (TPSA) is 149 Å². The smallest absolute Gasteiger partial charge is 0.220 e. The number of hydrogen-bond donors (Lipinski definition) is 6. The molecule has 76 heavy (non-hydrogen) atoms. The molecule has 7 unspecified atom stereocenters.